The number of nitrogens with one attached hydrogen (secondary N) is 1. The largest absolute Gasteiger partial charge is 0.492 e. The molecule has 0 bridgehead atoms. The lowest BCUT2D eigenvalue weighted by Gasteiger charge is -2.35. The highest BCUT2D eigenvalue weighted by Gasteiger charge is 2.25. The van der Waals surface area contributed by atoms with Crippen molar-refractivity contribution in [3.05, 3.63) is 65.9 Å². The molecule has 3 aromatic rings. The Balaban J connectivity index is 1.42. The second kappa shape index (κ2) is 7.84. The third-order valence-electron chi connectivity index (χ3n) is 5.25. The topological polar surface area (TPSA) is 65.6 Å². The second-order valence-corrected chi connectivity index (χ2v) is 7.04. The van der Waals surface area contributed by atoms with Crippen molar-refractivity contribution in [1.82, 2.24) is 9.88 Å². The number of nitrogens with zero attached hydrogens (tertiary/aromatic N) is 1. The summed E-state index contributed by atoms with van der Waals surface area (Å²) >= 11 is 0. The minimum absolute atomic E-state index is 0.251. The van der Waals surface area contributed by atoms with Crippen LogP contribution in [-0.4, -0.2) is 40.7 Å². The first kappa shape index (κ1) is 17.6. The number of aromatic carboxylic acids is 1. The molecule has 4 rings (SSSR count). The second-order valence-electron chi connectivity index (χ2n) is 7.04. The quantitative estimate of drug-likeness (QED) is 0.677. The predicted octanol–water partition coefficient (Wildman–Crippen LogP) is 4.47. The van der Waals surface area contributed by atoms with Crippen LogP contribution in [0.4, 0.5) is 0 Å². The zero-order valence-corrected chi connectivity index (χ0v) is 15.2. The number of fused-ring (bicyclic) bond motifs is 1. The summed E-state index contributed by atoms with van der Waals surface area (Å²) in [5.74, 6) is -0.329. The fraction of sp³-hybridized carbons (Fsp3) is 0.318. The maximum atomic E-state index is 11.1. The Morgan fingerprint density at radius 2 is 2.04 bits per heavy atom. The van der Waals surface area contributed by atoms with E-state index in [1.165, 1.54) is 29.4 Å². The molecule has 2 N–H and O–H groups in total. The molecule has 5 nitrogen and oxygen atoms in total. The Labute approximate surface area is 158 Å². The average molecular weight is 364 g/mol. The molecule has 1 aromatic heterocycles. The van der Waals surface area contributed by atoms with E-state index in [4.69, 9.17) is 9.84 Å². The van der Waals surface area contributed by atoms with Crippen LogP contribution in [0.2, 0.25) is 0 Å². The molecule has 2 aromatic carbocycles. The van der Waals surface area contributed by atoms with Gasteiger partial charge in [-0.05, 0) is 55.1 Å². The highest BCUT2D eigenvalue weighted by Crippen LogP contribution is 2.32. The number of ether oxygens (including phenoxy) is 1. The molecule has 1 saturated heterocycles. The lowest BCUT2D eigenvalue weighted by atomic mass is 9.99. The van der Waals surface area contributed by atoms with Gasteiger partial charge in [0.2, 0.25) is 0 Å². The monoisotopic (exact) mass is 364 g/mol. The summed E-state index contributed by atoms with van der Waals surface area (Å²) in [6.45, 7) is 2.41. The van der Waals surface area contributed by atoms with Crippen molar-refractivity contribution in [3.8, 4) is 5.75 Å². The number of para-hydroxylation sites is 1. The van der Waals surface area contributed by atoms with Gasteiger partial charge in [-0.3, -0.25) is 4.90 Å². The third kappa shape index (κ3) is 3.98. The molecular formula is C22H24N2O3. The number of aromatic amines is 1. The Hall–Kier alpha value is -2.79. The standard InChI is InChI=1S/C22H24N2O3/c25-22(26)17-7-5-8-18(14-17)27-13-12-24-11-4-3-10-21(24)20-15-16-6-1-2-9-19(16)23-20/h1-2,5-9,14-15,21,23H,3-4,10-13H2,(H,25,26). The van der Waals surface area contributed by atoms with E-state index in [-0.39, 0.29) is 5.56 Å². The van der Waals surface area contributed by atoms with Gasteiger partial charge in [-0.25, -0.2) is 4.79 Å². The number of carbonyl (C=O) groups is 1. The van der Waals surface area contributed by atoms with Gasteiger partial charge in [0, 0.05) is 23.8 Å². The van der Waals surface area contributed by atoms with E-state index in [0.29, 0.717) is 18.4 Å². The number of benzene rings is 2. The van der Waals surface area contributed by atoms with Crippen molar-refractivity contribution in [1.29, 1.82) is 0 Å². The lowest BCUT2D eigenvalue weighted by molar-refractivity contribution is 0.0696. The normalized spacial score (nSPS) is 17.9. The molecule has 1 unspecified atom stereocenters. The zero-order valence-electron chi connectivity index (χ0n) is 15.2. The highest BCUT2D eigenvalue weighted by molar-refractivity contribution is 5.88. The number of hydrogen-bond acceptors (Lipinski definition) is 3. The Kier molecular flexibility index (Phi) is 5.12. The molecule has 1 fully saturated rings. The van der Waals surface area contributed by atoms with Gasteiger partial charge in [-0.1, -0.05) is 30.7 Å². The molecule has 1 aliphatic heterocycles. The van der Waals surface area contributed by atoms with Gasteiger partial charge in [-0.2, -0.15) is 0 Å². The van der Waals surface area contributed by atoms with Crippen LogP contribution in [-0.2, 0) is 0 Å². The summed E-state index contributed by atoms with van der Waals surface area (Å²) in [5.41, 5.74) is 2.70. The van der Waals surface area contributed by atoms with Gasteiger partial charge in [0.1, 0.15) is 12.4 Å². The number of aromatic nitrogens is 1. The van der Waals surface area contributed by atoms with E-state index in [9.17, 15) is 4.79 Å². The SMILES string of the molecule is O=C(O)c1cccc(OCCN2CCCCC2c2cc3ccccc3[nH]2)c1. The minimum atomic E-state index is -0.935. The molecule has 0 aliphatic carbocycles. The first-order valence-corrected chi connectivity index (χ1v) is 9.48. The zero-order chi connectivity index (χ0) is 18.6. The Morgan fingerprint density at radius 3 is 2.89 bits per heavy atom. The van der Waals surface area contributed by atoms with Gasteiger partial charge in [-0.15, -0.1) is 0 Å². The number of hydrogen-bond donors (Lipinski definition) is 2. The van der Waals surface area contributed by atoms with Crippen molar-refractivity contribution in [2.45, 2.75) is 25.3 Å². The maximum absolute atomic E-state index is 11.1. The van der Waals surface area contributed by atoms with Crippen molar-refractivity contribution in [2.24, 2.45) is 0 Å². The number of piperidine rings is 1. The van der Waals surface area contributed by atoms with Crippen LogP contribution in [0.5, 0.6) is 5.75 Å². The first-order chi connectivity index (χ1) is 13.2. The van der Waals surface area contributed by atoms with Crippen LogP contribution in [0.25, 0.3) is 10.9 Å². The molecule has 0 saturated carbocycles. The van der Waals surface area contributed by atoms with Crippen LogP contribution >= 0.6 is 0 Å². The van der Waals surface area contributed by atoms with Gasteiger partial charge in [0.15, 0.2) is 0 Å². The summed E-state index contributed by atoms with van der Waals surface area (Å²) < 4.78 is 5.83. The molecule has 2 heterocycles. The summed E-state index contributed by atoms with van der Waals surface area (Å²) in [5, 5.41) is 10.3. The van der Waals surface area contributed by atoms with Crippen LogP contribution < -0.4 is 4.74 Å². The van der Waals surface area contributed by atoms with Gasteiger partial charge in [0.05, 0.1) is 5.56 Å². The van der Waals surface area contributed by atoms with Crippen molar-refractivity contribution < 1.29 is 14.6 Å². The van der Waals surface area contributed by atoms with Crippen LogP contribution in [0.15, 0.2) is 54.6 Å². The molecule has 0 amide bonds. The third-order valence-corrected chi connectivity index (χ3v) is 5.25. The van der Waals surface area contributed by atoms with E-state index >= 15 is 0 Å². The van der Waals surface area contributed by atoms with E-state index in [2.05, 4.69) is 40.2 Å². The van der Waals surface area contributed by atoms with Crippen molar-refractivity contribution >= 4 is 16.9 Å². The maximum Gasteiger partial charge on any atom is 0.335 e. The Bertz CT molecular complexity index is 901. The lowest BCUT2D eigenvalue weighted by Crippen LogP contribution is -2.36. The molecule has 27 heavy (non-hydrogen) atoms. The fourth-order valence-corrected chi connectivity index (χ4v) is 3.89. The van der Waals surface area contributed by atoms with Crippen LogP contribution in [0.1, 0.15) is 41.4 Å². The van der Waals surface area contributed by atoms with E-state index in [0.717, 1.165) is 19.5 Å². The number of carboxylic acids is 1. The van der Waals surface area contributed by atoms with E-state index in [1.807, 2.05) is 0 Å². The summed E-state index contributed by atoms with van der Waals surface area (Å²) in [6, 6.07) is 17.7. The van der Waals surface area contributed by atoms with Gasteiger partial charge < -0.3 is 14.8 Å². The van der Waals surface area contributed by atoms with Gasteiger partial charge >= 0.3 is 5.97 Å². The molecule has 0 radical (unpaired) electrons. The Morgan fingerprint density at radius 1 is 1.15 bits per heavy atom. The van der Waals surface area contributed by atoms with Crippen molar-refractivity contribution in [3.63, 3.8) is 0 Å². The van der Waals surface area contributed by atoms with E-state index in [1.54, 1.807) is 24.3 Å². The summed E-state index contributed by atoms with van der Waals surface area (Å²) in [4.78, 5) is 17.1. The minimum Gasteiger partial charge on any atom is -0.492 e. The predicted molar refractivity (Wildman–Crippen MR) is 105 cm³/mol. The van der Waals surface area contributed by atoms with Gasteiger partial charge in [0.25, 0.3) is 0 Å². The molecule has 140 valence electrons. The molecule has 0 spiro atoms. The first-order valence-electron chi connectivity index (χ1n) is 9.48. The smallest absolute Gasteiger partial charge is 0.335 e. The number of H-pyrrole nitrogens is 1. The average Bonchev–Trinajstić information content (AvgIpc) is 3.12. The van der Waals surface area contributed by atoms with Crippen LogP contribution in [0.3, 0.4) is 0 Å². The van der Waals surface area contributed by atoms with Crippen molar-refractivity contribution in [2.75, 3.05) is 19.7 Å². The summed E-state index contributed by atoms with van der Waals surface area (Å²) in [7, 11) is 0. The summed E-state index contributed by atoms with van der Waals surface area (Å²) in [6.07, 6.45) is 3.57. The fourth-order valence-electron chi connectivity index (χ4n) is 3.89. The number of rotatable bonds is 6. The number of carboxylic acid groups (broad SMARTS) is 1. The van der Waals surface area contributed by atoms with E-state index < -0.39 is 5.97 Å². The molecule has 1 aliphatic rings. The molecule has 5 heteroatoms. The molecule has 1 atom stereocenters. The molecular weight excluding hydrogens is 340 g/mol. The highest BCUT2D eigenvalue weighted by atomic mass is 16.5. The van der Waals surface area contributed by atoms with Crippen LogP contribution in [0, 0.1) is 0 Å². The number of likely N-dealkylation sites (tertiary alicyclic amines) is 1.